The lowest BCUT2D eigenvalue weighted by Crippen LogP contribution is -2.20. The zero-order valence-electron chi connectivity index (χ0n) is 15.1. The fraction of sp³-hybridized carbons (Fsp3) is 0.381. The number of rotatable bonds is 8. The van der Waals surface area contributed by atoms with Gasteiger partial charge in [0.1, 0.15) is 5.75 Å². The van der Waals surface area contributed by atoms with E-state index in [4.69, 9.17) is 4.74 Å². The summed E-state index contributed by atoms with van der Waals surface area (Å²) in [4.78, 5) is 12.1. The lowest BCUT2D eigenvalue weighted by atomic mass is 10.0. The van der Waals surface area contributed by atoms with Crippen molar-refractivity contribution in [1.82, 2.24) is 0 Å². The zero-order chi connectivity index (χ0) is 18.2. The van der Waals surface area contributed by atoms with E-state index in [2.05, 4.69) is 54.2 Å². The number of unbranched alkanes of at least 4 members (excludes halogenated alkanes) is 1. The summed E-state index contributed by atoms with van der Waals surface area (Å²) in [5.41, 5.74) is 3.18. The molecular formula is C21H26BrNO2. The van der Waals surface area contributed by atoms with Gasteiger partial charge in [0.2, 0.25) is 0 Å². The molecule has 2 aromatic carbocycles. The summed E-state index contributed by atoms with van der Waals surface area (Å²) in [6.07, 6.45) is 3.45. The van der Waals surface area contributed by atoms with E-state index < -0.39 is 0 Å². The summed E-state index contributed by atoms with van der Waals surface area (Å²) >= 11 is 3.48. The van der Waals surface area contributed by atoms with Crippen LogP contribution in [0.2, 0.25) is 0 Å². The molecular weight excluding hydrogens is 378 g/mol. The largest absolute Gasteiger partial charge is 0.483 e. The van der Waals surface area contributed by atoms with Gasteiger partial charge in [-0.05, 0) is 60.2 Å². The Labute approximate surface area is 158 Å². The number of benzene rings is 2. The van der Waals surface area contributed by atoms with E-state index in [-0.39, 0.29) is 12.5 Å². The first kappa shape index (κ1) is 19.5. The van der Waals surface area contributed by atoms with Crippen LogP contribution in [0.3, 0.4) is 0 Å². The highest BCUT2D eigenvalue weighted by Crippen LogP contribution is 2.29. The average molecular weight is 404 g/mol. The molecule has 3 nitrogen and oxygen atoms in total. The molecule has 0 atom stereocenters. The van der Waals surface area contributed by atoms with Crippen LogP contribution in [0.5, 0.6) is 5.75 Å². The van der Waals surface area contributed by atoms with E-state index in [1.807, 2.05) is 30.3 Å². The molecule has 2 aromatic rings. The molecule has 1 amide bonds. The molecule has 0 fully saturated rings. The highest BCUT2D eigenvalue weighted by molar-refractivity contribution is 9.10. The minimum absolute atomic E-state index is 0.00105. The van der Waals surface area contributed by atoms with Crippen LogP contribution in [-0.4, -0.2) is 12.5 Å². The summed E-state index contributed by atoms with van der Waals surface area (Å²) in [6.45, 7) is 6.40. The van der Waals surface area contributed by atoms with Gasteiger partial charge >= 0.3 is 0 Å². The van der Waals surface area contributed by atoms with Crippen LogP contribution in [0.1, 0.15) is 50.7 Å². The lowest BCUT2D eigenvalue weighted by Gasteiger charge is -2.14. The van der Waals surface area contributed by atoms with Crippen molar-refractivity contribution in [2.24, 2.45) is 0 Å². The van der Waals surface area contributed by atoms with Gasteiger partial charge in [-0.3, -0.25) is 4.79 Å². The number of nitrogens with one attached hydrogen (secondary N) is 1. The summed E-state index contributed by atoms with van der Waals surface area (Å²) in [6, 6.07) is 13.9. The third kappa shape index (κ3) is 6.20. The SMILES string of the molecule is CCCCc1ccc(NC(=O)COc2ccc(Br)cc2C(C)C)cc1. The molecule has 0 aliphatic carbocycles. The second-order valence-corrected chi connectivity index (χ2v) is 7.39. The van der Waals surface area contributed by atoms with Gasteiger partial charge in [0.15, 0.2) is 6.61 Å². The number of amides is 1. The molecule has 0 aromatic heterocycles. The molecule has 134 valence electrons. The standard InChI is InChI=1S/C21H26BrNO2/c1-4-5-6-16-7-10-18(11-8-16)23-21(24)14-25-20-12-9-17(22)13-19(20)15(2)3/h7-13,15H,4-6,14H2,1-3H3,(H,23,24). The minimum Gasteiger partial charge on any atom is -0.483 e. The summed E-state index contributed by atoms with van der Waals surface area (Å²) in [5, 5.41) is 2.88. The van der Waals surface area contributed by atoms with Gasteiger partial charge in [-0.1, -0.05) is 55.3 Å². The van der Waals surface area contributed by atoms with Crippen LogP contribution < -0.4 is 10.1 Å². The number of anilines is 1. The third-order valence-corrected chi connectivity index (χ3v) is 4.50. The van der Waals surface area contributed by atoms with Crippen LogP contribution >= 0.6 is 15.9 Å². The minimum atomic E-state index is -0.154. The lowest BCUT2D eigenvalue weighted by molar-refractivity contribution is -0.118. The van der Waals surface area contributed by atoms with Gasteiger partial charge in [-0.2, -0.15) is 0 Å². The van der Waals surface area contributed by atoms with Crippen molar-refractivity contribution in [3.05, 3.63) is 58.1 Å². The Balaban J connectivity index is 1.91. The van der Waals surface area contributed by atoms with Gasteiger partial charge < -0.3 is 10.1 Å². The fourth-order valence-corrected chi connectivity index (χ4v) is 2.96. The van der Waals surface area contributed by atoms with Crippen LogP contribution in [-0.2, 0) is 11.2 Å². The number of hydrogen-bond acceptors (Lipinski definition) is 2. The molecule has 0 aliphatic heterocycles. The predicted octanol–water partition coefficient (Wildman–Crippen LogP) is 5.93. The molecule has 0 spiro atoms. The van der Waals surface area contributed by atoms with Crippen molar-refractivity contribution in [1.29, 1.82) is 0 Å². The smallest absolute Gasteiger partial charge is 0.262 e. The topological polar surface area (TPSA) is 38.3 Å². The van der Waals surface area contributed by atoms with E-state index in [0.717, 1.165) is 27.9 Å². The number of carbonyl (C=O) groups excluding carboxylic acids is 1. The molecule has 2 rings (SSSR count). The molecule has 0 saturated carbocycles. The first-order valence-corrected chi connectivity index (χ1v) is 9.60. The van der Waals surface area contributed by atoms with E-state index in [9.17, 15) is 4.79 Å². The van der Waals surface area contributed by atoms with Crippen LogP contribution in [0, 0.1) is 0 Å². The summed E-state index contributed by atoms with van der Waals surface area (Å²) in [5.74, 6) is 0.924. The van der Waals surface area contributed by atoms with Crippen molar-refractivity contribution in [2.75, 3.05) is 11.9 Å². The molecule has 4 heteroatoms. The van der Waals surface area contributed by atoms with Crippen molar-refractivity contribution in [3.8, 4) is 5.75 Å². The quantitative estimate of drug-likeness (QED) is 0.592. The second-order valence-electron chi connectivity index (χ2n) is 6.47. The van der Waals surface area contributed by atoms with E-state index in [1.165, 1.54) is 18.4 Å². The number of hydrogen-bond donors (Lipinski definition) is 1. The molecule has 0 saturated heterocycles. The van der Waals surface area contributed by atoms with Gasteiger partial charge in [0.05, 0.1) is 0 Å². The van der Waals surface area contributed by atoms with E-state index >= 15 is 0 Å². The Morgan fingerprint density at radius 1 is 1.16 bits per heavy atom. The molecule has 0 bridgehead atoms. The number of ether oxygens (including phenoxy) is 1. The highest BCUT2D eigenvalue weighted by Gasteiger charge is 2.11. The van der Waals surface area contributed by atoms with Crippen molar-refractivity contribution in [2.45, 2.75) is 46.0 Å². The third-order valence-electron chi connectivity index (χ3n) is 4.01. The Hall–Kier alpha value is -1.81. The van der Waals surface area contributed by atoms with E-state index in [0.29, 0.717) is 5.92 Å². The summed E-state index contributed by atoms with van der Waals surface area (Å²) in [7, 11) is 0. The molecule has 0 aliphatic rings. The van der Waals surface area contributed by atoms with Crippen molar-refractivity contribution in [3.63, 3.8) is 0 Å². The monoisotopic (exact) mass is 403 g/mol. The summed E-state index contributed by atoms with van der Waals surface area (Å²) < 4.78 is 6.74. The normalized spacial score (nSPS) is 10.8. The van der Waals surface area contributed by atoms with Gasteiger partial charge in [-0.25, -0.2) is 0 Å². The number of halogens is 1. The Morgan fingerprint density at radius 3 is 2.52 bits per heavy atom. The molecule has 0 heterocycles. The maximum absolute atomic E-state index is 12.1. The Kier molecular flexibility index (Phi) is 7.51. The van der Waals surface area contributed by atoms with Gasteiger partial charge in [-0.15, -0.1) is 0 Å². The second kappa shape index (κ2) is 9.62. The zero-order valence-corrected chi connectivity index (χ0v) is 16.7. The molecule has 0 radical (unpaired) electrons. The van der Waals surface area contributed by atoms with Crippen molar-refractivity contribution < 1.29 is 9.53 Å². The average Bonchev–Trinajstić information content (AvgIpc) is 2.60. The first-order valence-electron chi connectivity index (χ1n) is 8.80. The van der Waals surface area contributed by atoms with Gasteiger partial charge in [0, 0.05) is 10.2 Å². The first-order chi connectivity index (χ1) is 12.0. The van der Waals surface area contributed by atoms with Gasteiger partial charge in [0.25, 0.3) is 5.91 Å². The maximum atomic E-state index is 12.1. The molecule has 0 unspecified atom stereocenters. The van der Waals surface area contributed by atoms with E-state index in [1.54, 1.807) is 0 Å². The predicted molar refractivity (Wildman–Crippen MR) is 107 cm³/mol. The number of aryl methyl sites for hydroxylation is 1. The fourth-order valence-electron chi connectivity index (χ4n) is 2.58. The number of carbonyl (C=O) groups is 1. The van der Waals surface area contributed by atoms with Crippen LogP contribution in [0.25, 0.3) is 0 Å². The Bertz CT molecular complexity index is 696. The van der Waals surface area contributed by atoms with Crippen LogP contribution in [0.4, 0.5) is 5.69 Å². The van der Waals surface area contributed by atoms with Crippen molar-refractivity contribution >= 4 is 27.5 Å². The molecule has 25 heavy (non-hydrogen) atoms. The van der Waals surface area contributed by atoms with Crippen LogP contribution in [0.15, 0.2) is 46.9 Å². The Morgan fingerprint density at radius 2 is 1.88 bits per heavy atom. The maximum Gasteiger partial charge on any atom is 0.262 e. The highest BCUT2D eigenvalue weighted by atomic mass is 79.9. The molecule has 1 N–H and O–H groups in total.